The van der Waals surface area contributed by atoms with Crippen LogP contribution in [0, 0.1) is 13.8 Å². The van der Waals surface area contributed by atoms with E-state index in [2.05, 4.69) is 15.0 Å². The van der Waals surface area contributed by atoms with Gasteiger partial charge in [-0.15, -0.1) is 0 Å². The molecule has 0 saturated carbocycles. The van der Waals surface area contributed by atoms with E-state index < -0.39 is 6.10 Å². The van der Waals surface area contributed by atoms with E-state index in [0.717, 1.165) is 49.9 Å². The van der Waals surface area contributed by atoms with Crippen molar-refractivity contribution in [1.82, 2.24) is 15.0 Å². The summed E-state index contributed by atoms with van der Waals surface area (Å²) in [4.78, 5) is 4.71. The van der Waals surface area contributed by atoms with Crippen LogP contribution in [0.15, 0.2) is 34.9 Å². The number of hydrogen-bond acceptors (Lipinski definition) is 6. The molecule has 0 radical (unpaired) electrons. The minimum atomic E-state index is -0.477. The van der Waals surface area contributed by atoms with Crippen LogP contribution in [0.5, 0.6) is 5.75 Å². The molecule has 1 aliphatic heterocycles. The van der Waals surface area contributed by atoms with E-state index >= 15 is 0 Å². The van der Waals surface area contributed by atoms with Gasteiger partial charge in [0.05, 0.1) is 5.69 Å². The van der Waals surface area contributed by atoms with Gasteiger partial charge >= 0.3 is 0 Å². The predicted octanol–water partition coefficient (Wildman–Crippen LogP) is 1.85. The van der Waals surface area contributed by atoms with Crippen LogP contribution in [0.1, 0.15) is 17.0 Å². The zero-order chi connectivity index (χ0) is 17.6. The lowest BCUT2D eigenvalue weighted by Gasteiger charge is -2.35. The van der Waals surface area contributed by atoms with Crippen molar-refractivity contribution >= 4 is 0 Å². The number of ether oxygens (including phenoxy) is 1. The molecular weight excluding hydrogens is 318 g/mol. The van der Waals surface area contributed by atoms with Gasteiger partial charge in [-0.1, -0.05) is 23.4 Å². The number of aryl methyl sites for hydroxylation is 2. The van der Waals surface area contributed by atoms with Gasteiger partial charge in [-0.05, 0) is 26.0 Å². The molecule has 6 heteroatoms. The first-order valence-electron chi connectivity index (χ1n) is 8.84. The largest absolute Gasteiger partial charge is 0.491 e. The maximum absolute atomic E-state index is 10.2. The van der Waals surface area contributed by atoms with Crippen molar-refractivity contribution in [2.24, 2.45) is 0 Å². The molecule has 2 heterocycles. The van der Waals surface area contributed by atoms with Gasteiger partial charge in [-0.2, -0.15) is 0 Å². The van der Waals surface area contributed by atoms with Crippen molar-refractivity contribution in [3.63, 3.8) is 0 Å². The summed E-state index contributed by atoms with van der Waals surface area (Å²) < 4.78 is 10.9. The number of aromatic nitrogens is 1. The standard InChI is InChI=1S/C19H27N3O3/c1-15-19(16(2)25-20-15)13-22-10-8-21(9-11-22)12-17(23)14-24-18-6-4-3-5-7-18/h3-7,17,23H,8-14H2,1-2H3/t17-/m0/s1. The second-order valence-electron chi connectivity index (χ2n) is 6.66. The summed E-state index contributed by atoms with van der Waals surface area (Å²) in [7, 11) is 0. The van der Waals surface area contributed by atoms with Crippen molar-refractivity contribution in [3.8, 4) is 5.75 Å². The summed E-state index contributed by atoms with van der Waals surface area (Å²) in [5.74, 6) is 1.71. The smallest absolute Gasteiger partial charge is 0.138 e. The van der Waals surface area contributed by atoms with Crippen LogP contribution in [0.4, 0.5) is 0 Å². The highest BCUT2D eigenvalue weighted by Crippen LogP contribution is 2.16. The molecule has 1 aliphatic rings. The number of benzene rings is 1. The van der Waals surface area contributed by atoms with Crippen molar-refractivity contribution in [2.45, 2.75) is 26.5 Å². The highest BCUT2D eigenvalue weighted by Gasteiger charge is 2.21. The third-order valence-electron chi connectivity index (χ3n) is 4.68. The van der Waals surface area contributed by atoms with Gasteiger partial charge in [0.15, 0.2) is 0 Å². The molecule has 0 aliphatic carbocycles. The Morgan fingerprint density at radius 3 is 2.44 bits per heavy atom. The number of piperazine rings is 1. The van der Waals surface area contributed by atoms with Crippen molar-refractivity contribution in [1.29, 1.82) is 0 Å². The fourth-order valence-corrected chi connectivity index (χ4v) is 3.14. The fourth-order valence-electron chi connectivity index (χ4n) is 3.14. The summed E-state index contributed by atoms with van der Waals surface area (Å²) in [6.07, 6.45) is -0.477. The number of hydrogen-bond donors (Lipinski definition) is 1. The summed E-state index contributed by atoms with van der Waals surface area (Å²) in [6, 6.07) is 9.62. The van der Waals surface area contributed by atoms with E-state index in [9.17, 15) is 5.11 Å². The van der Waals surface area contributed by atoms with Crippen LogP contribution < -0.4 is 4.74 Å². The number of β-amino-alcohol motifs (C(OH)–C–C–N with tert-alkyl or cyclic N) is 1. The Morgan fingerprint density at radius 2 is 1.80 bits per heavy atom. The molecule has 1 saturated heterocycles. The van der Waals surface area contributed by atoms with Crippen LogP contribution >= 0.6 is 0 Å². The van der Waals surface area contributed by atoms with Crippen molar-refractivity contribution < 1.29 is 14.4 Å². The zero-order valence-corrected chi connectivity index (χ0v) is 15.0. The summed E-state index contributed by atoms with van der Waals surface area (Å²) in [5, 5.41) is 14.2. The van der Waals surface area contributed by atoms with Gasteiger partial charge in [0, 0.05) is 44.8 Å². The quantitative estimate of drug-likeness (QED) is 0.826. The SMILES string of the molecule is Cc1noc(C)c1CN1CCN(C[C@H](O)COc2ccccc2)CC1. The van der Waals surface area contributed by atoms with Crippen LogP contribution in [0.25, 0.3) is 0 Å². The Bertz CT molecular complexity index is 632. The van der Waals surface area contributed by atoms with Crippen molar-refractivity contribution in [2.75, 3.05) is 39.3 Å². The maximum Gasteiger partial charge on any atom is 0.138 e. The zero-order valence-electron chi connectivity index (χ0n) is 15.0. The average Bonchev–Trinajstić information content (AvgIpc) is 2.94. The average molecular weight is 345 g/mol. The molecule has 0 bridgehead atoms. The summed E-state index contributed by atoms with van der Waals surface area (Å²) in [5.41, 5.74) is 2.18. The number of rotatable bonds is 7. The number of aliphatic hydroxyl groups is 1. The summed E-state index contributed by atoms with van der Waals surface area (Å²) >= 11 is 0. The van der Waals surface area contributed by atoms with E-state index in [1.807, 2.05) is 44.2 Å². The highest BCUT2D eigenvalue weighted by atomic mass is 16.5. The molecule has 1 aromatic heterocycles. The van der Waals surface area contributed by atoms with Crippen LogP contribution in [0.3, 0.4) is 0 Å². The molecule has 1 fully saturated rings. The van der Waals surface area contributed by atoms with Gasteiger partial charge in [0.25, 0.3) is 0 Å². The minimum absolute atomic E-state index is 0.323. The van der Waals surface area contributed by atoms with E-state index in [1.165, 1.54) is 5.56 Å². The first kappa shape index (κ1) is 17.9. The molecule has 2 aromatic rings. The molecule has 6 nitrogen and oxygen atoms in total. The van der Waals surface area contributed by atoms with Crippen LogP contribution in [-0.4, -0.2) is 65.5 Å². The highest BCUT2D eigenvalue weighted by molar-refractivity contribution is 5.21. The molecule has 3 rings (SSSR count). The monoisotopic (exact) mass is 345 g/mol. The minimum Gasteiger partial charge on any atom is -0.491 e. The number of para-hydroxylation sites is 1. The Kier molecular flexibility index (Phi) is 6.07. The van der Waals surface area contributed by atoms with Crippen molar-refractivity contribution in [3.05, 3.63) is 47.3 Å². The molecule has 1 atom stereocenters. The van der Waals surface area contributed by atoms with E-state index in [0.29, 0.717) is 13.2 Å². The Hall–Kier alpha value is -1.89. The lowest BCUT2D eigenvalue weighted by atomic mass is 10.1. The lowest BCUT2D eigenvalue weighted by molar-refractivity contribution is 0.0445. The van der Waals surface area contributed by atoms with Crippen LogP contribution in [-0.2, 0) is 6.54 Å². The van der Waals surface area contributed by atoms with Gasteiger partial charge in [0.2, 0.25) is 0 Å². The normalized spacial score (nSPS) is 17.6. The van der Waals surface area contributed by atoms with E-state index in [1.54, 1.807) is 0 Å². The second kappa shape index (κ2) is 8.47. The number of nitrogens with zero attached hydrogens (tertiary/aromatic N) is 3. The molecular formula is C19H27N3O3. The third kappa shape index (κ3) is 5.04. The number of aliphatic hydroxyl groups excluding tert-OH is 1. The van der Waals surface area contributed by atoms with E-state index in [-0.39, 0.29) is 0 Å². The molecule has 25 heavy (non-hydrogen) atoms. The van der Waals surface area contributed by atoms with Gasteiger partial charge in [0.1, 0.15) is 24.2 Å². The lowest BCUT2D eigenvalue weighted by Crippen LogP contribution is -2.48. The Morgan fingerprint density at radius 1 is 1.12 bits per heavy atom. The predicted molar refractivity (Wildman–Crippen MR) is 95.6 cm³/mol. The summed E-state index contributed by atoms with van der Waals surface area (Å²) in [6.45, 7) is 9.67. The maximum atomic E-state index is 10.2. The molecule has 136 valence electrons. The fraction of sp³-hybridized carbons (Fsp3) is 0.526. The van der Waals surface area contributed by atoms with E-state index in [4.69, 9.17) is 9.26 Å². The first-order chi connectivity index (χ1) is 12.1. The van der Waals surface area contributed by atoms with Gasteiger partial charge in [-0.25, -0.2) is 0 Å². The Balaban J connectivity index is 1.39. The van der Waals surface area contributed by atoms with Gasteiger partial charge < -0.3 is 14.4 Å². The molecule has 0 amide bonds. The second-order valence-corrected chi connectivity index (χ2v) is 6.66. The Labute approximate surface area is 149 Å². The first-order valence-corrected chi connectivity index (χ1v) is 8.84. The molecule has 0 spiro atoms. The molecule has 0 unspecified atom stereocenters. The molecule has 1 aromatic carbocycles. The molecule has 1 N–H and O–H groups in total. The van der Waals surface area contributed by atoms with Gasteiger partial charge in [-0.3, -0.25) is 9.80 Å². The third-order valence-corrected chi connectivity index (χ3v) is 4.68. The van der Waals surface area contributed by atoms with Crippen LogP contribution in [0.2, 0.25) is 0 Å². The topological polar surface area (TPSA) is 62.0 Å².